The van der Waals surface area contributed by atoms with Crippen molar-refractivity contribution >= 4 is 0 Å². The highest BCUT2D eigenvalue weighted by atomic mass is 16.3. The molecular weight excluding hydrogens is 224 g/mol. The maximum Gasteiger partial charge on any atom is 0.131 e. The number of aromatic nitrogens is 2. The molecule has 0 unspecified atom stereocenters. The summed E-state index contributed by atoms with van der Waals surface area (Å²) in [6.07, 6.45) is 2.25. The third kappa shape index (κ3) is 2.57. The number of aliphatic hydroxyl groups excluding tert-OH is 1. The third-order valence-corrected chi connectivity index (χ3v) is 2.97. The molecule has 0 bridgehead atoms. The number of hydrogen-bond acceptors (Lipinski definition) is 3. The van der Waals surface area contributed by atoms with Crippen molar-refractivity contribution in [1.82, 2.24) is 9.97 Å². The summed E-state index contributed by atoms with van der Waals surface area (Å²) in [5, 5.41) is 8.95. The van der Waals surface area contributed by atoms with Crippen LogP contribution in [0.25, 0.3) is 11.3 Å². The molecule has 0 saturated carbocycles. The lowest BCUT2D eigenvalue weighted by Gasteiger charge is -2.11. The molecule has 0 aliphatic rings. The van der Waals surface area contributed by atoms with E-state index in [1.165, 1.54) is 22.3 Å². The fraction of sp³-hybridized carbons (Fsp3) is 0.333. The first-order chi connectivity index (χ1) is 8.61. The van der Waals surface area contributed by atoms with Crippen molar-refractivity contribution in [3.8, 4) is 11.3 Å². The van der Waals surface area contributed by atoms with E-state index in [-0.39, 0.29) is 6.61 Å². The molecule has 18 heavy (non-hydrogen) atoms. The Morgan fingerprint density at radius 3 is 2.39 bits per heavy atom. The van der Waals surface area contributed by atoms with Crippen LogP contribution in [-0.2, 0) is 6.42 Å². The molecular formula is C15H18N2O. The summed E-state index contributed by atoms with van der Waals surface area (Å²) in [6, 6.07) is 6.25. The lowest BCUT2D eigenvalue weighted by atomic mass is 9.97. The first-order valence-electron chi connectivity index (χ1n) is 6.13. The molecule has 0 amide bonds. The summed E-state index contributed by atoms with van der Waals surface area (Å²) in [6.45, 7) is 6.38. The standard InChI is InChI=1S/C15H18N2O/c1-10-8-11(2)15(12(3)9-10)13-4-6-16-14(17-13)5-7-18/h4,6,8-9,18H,5,7H2,1-3H3. The van der Waals surface area contributed by atoms with E-state index in [0.717, 1.165) is 5.69 Å². The summed E-state index contributed by atoms with van der Waals surface area (Å²) < 4.78 is 0. The van der Waals surface area contributed by atoms with Crippen LogP contribution in [0.1, 0.15) is 22.5 Å². The Labute approximate surface area is 108 Å². The van der Waals surface area contributed by atoms with Gasteiger partial charge in [0, 0.05) is 18.2 Å². The fourth-order valence-electron chi connectivity index (χ4n) is 2.34. The highest BCUT2D eigenvalue weighted by molar-refractivity contribution is 5.67. The highest BCUT2D eigenvalue weighted by Crippen LogP contribution is 2.26. The van der Waals surface area contributed by atoms with Gasteiger partial charge in [0.05, 0.1) is 12.3 Å². The maximum absolute atomic E-state index is 8.95. The number of hydrogen-bond donors (Lipinski definition) is 1. The Hall–Kier alpha value is -1.74. The predicted octanol–water partition coefficient (Wildman–Crippen LogP) is 2.60. The second kappa shape index (κ2) is 5.27. The number of nitrogens with zero attached hydrogens (tertiary/aromatic N) is 2. The van der Waals surface area contributed by atoms with Gasteiger partial charge in [-0.3, -0.25) is 0 Å². The Morgan fingerprint density at radius 1 is 1.11 bits per heavy atom. The van der Waals surface area contributed by atoms with Crippen molar-refractivity contribution in [2.75, 3.05) is 6.61 Å². The van der Waals surface area contributed by atoms with Crippen LogP contribution in [0, 0.1) is 20.8 Å². The molecule has 0 spiro atoms. The van der Waals surface area contributed by atoms with Gasteiger partial charge in [-0.1, -0.05) is 17.7 Å². The Bertz CT molecular complexity index is 541. The molecule has 0 aliphatic heterocycles. The summed E-state index contributed by atoms with van der Waals surface area (Å²) in [5.74, 6) is 0.689. The molecule has 2 aromatic rings. The van der Waals surface area contributed by atoms with Crippen LogP contribution in [0.3, 0.4) is 0 Å². The molecule has 94 valence electrons. The van der Waals surface area contributed by atoms with Gasteiger partial charge in [0.25, 0.3) is 0 Å². The van der Waals surface area contributed by atoms with E-state index >= 15 is 0 Å². The molecule has 0 radical (unpaired) electrons. The minimum atomic E-state index is 0.0787. The molecule has 0 aliphatic carbocycles. The van der Waals surface area contributed by atoms with Crippen LogP contribution in [0.5, 0.6) is 0 Å². The van der Waals surface area contributed by atoms with Gasteiger partial charge in [-0.05, 0) is 38.0 Å². The number of aryl methyl sites for hydroxylation is 3. The third-order valence-electron chi connectivity index (χ3n) is 2.97. The van der Waals surface area contributed by atoms with Crippen molar-refractivity contribution < 1.29 is 5.11 Å². The summed E-state index contributed by atoms with van der Waals surface area (Å²) in [7, 11) is 0. The monoisotopic (exact) mass is 242 g/mol. The van der Waals surface area contributed by atoms with Gasteiger partial charge in [-0.2, -0.15) is 0 Å². The van der Waals surface area contributed by atoms with E-state index in [4.69, 9.17) is 5.11 Å². The van der Waals surface area contributed by atoms with Gasteiger partial charge in [0.2, 0.25) is 0 Å². The van der Waals surface area contributed by atoms with Crippen LogP contribution in [-0.4, -0.2) is 21.7 Å². The molecule has 1 aromatic heterocycles. The molecule has 1 aromatic carbocycles. The zero-order valence-corrected chi connectivity index (χ0v) is 11.1. The van der Waals surface area contributed by atoms with E-state index in [1.807, 2.05) is 6.07 Å². The zero-order chi connectivity index (χ0) is 13.1. The molecule has 1 N–H and O–H groups in total. The number of aliphatic hydroxyl groups is 1. The van der Waals surface area contributed by atoms with Crippen LogP contribution >= 0.6 is 0 Å². The quantitative estimate of drug-likeness (QED) is 0.900. The molecule has 0 atom stereocenters. The topological polar surface area (TPSA) is 46.0 Å². The number of benzene rings is 1. The van der Waals surface area contributed by atoms with Gasteiger partial charge < -0.3 is 5.11 Å². The minimum absolute atomic E-state index is 0.0787. The van der Waals surface area contributed by atoms with Gasteiger partial charge in [0.15, 0.2) is 0 Å². The SMILES string of the molecule is Cc1cc(C)c(-c2ccnc(CCO)n2)c(C)c1. The number of rotatable bonds is 3. The Morgan fingerprint density at radius 2 is 1.78 bits per heavy atom. The second-order valence-electron chi connectivity index (χ2n) is 4.61. The van der Waals surface area contributed by atoms with Crippen LogP contribution in [0.2, 0.25) is 0 Å². The highest BCUT2D eigenvalue weighted by Gasteiger charge is 2.09. The predicted molar refractivity (Wildman–Crippen MR) is 72.5 cm³/mol. The summed E-state index contributed by atoms with van der Waals surface area (Å²) in [5.41, 5.74) is 5.81. The summed E-state index contributed by atoms with van der Waals surface area (Å²) >= 11 is 0. The van der Waals surface area contributed by atoms with Crippen molar-refractivity contribution in [3.63, 3.8) is 0 Å². The molecule has 3 nitrogen and oxygen atoms in total. The van der Waals surface area contributed by atoms with Crippen LogP contribution in [0.4, 0.5) is 0 Å². The Balaban J connectivity index is 2.51. The van der Waals surface area contributed by atoms with Crippen LogP contribution in [0.15, 0.2) is 24.4 Å². The fourth-order valence-corrected chi connectivity index (χ4v) is 2.34. The van der Waals surface area contributed by atoms with Crippen molar-refractivity contribution in [3.05, 3.63) is 46.9 Å². The largest absolute Gasteiger partial charge is 0.396 e. The minimum Gasteiger partial charge on any atom is -0.396 e. The lowest BCUT2D eigenvalue weighted by Crippen LogP contribution is -2.01. The van der Waals surface area contributed by atoms with Crippen molar-refractivity contribution in [2.45, 2.75) is 27.2 Å². The van der Waals surface area contributed by atoms with E-state index in [1.54, 1.807) is 6.20 Å². The molecule has 0 saturated heterocycles. The van der Waals surface area contributed by atoms with Crippen LogP contribution < -0.4 is 0 Å². The normalized spacial score (nSPS) is 10.7. The smallest absolute Gasteiger partial charge is 0.131 e. The van der Waals surface area contributed by atoms with Crippen molar-refractivity contribution in [1.29, 1.82) is 0 Å². The first-order valence-corrected chi connectivity index (χ1v) is 6.13. The molecule has 2 rings (SSSR count). The zero-order valence-electron chi connectivity index (χ0n) is 11.1. The average molecular weight is 242 g/mol. The van der Waals surface area contributed by atoms with E-state index in [0.29, 0.717) is 12.2 Å². The van der Waals surface area contributed by atoms with E-state index in [2.05, 4.69) is 42.9 Å². The first kappa shape index (κ1) is 12.7. The molecule has 0 fully saturated rings. The van der Waals surface area contributed by atoms with Gasteiger partial charge in [-0.25, -0.2) is 9.97 Å². The Kier molecular flexibility index (Phi) is 3.72. The maximum atomic E-state index is 8.95. The van der Waals surface area contributed by atoms with E-state index < -0.39 is 0 Å². The van der Waals surface area contributed by atoms with Gasteiger partial charge >= 0.3 is 0 Å². The van der Waals surface area contributed by atoms with E-state index in [9.17, 15) is 0 Å². The molecule has 1 heterocycles. The summed E-state index contributed by atoms with van der Waals surface area (Å²) in [4.78, 5) is 8.67. The average Bonchev–Trinajstić information content (AvgIpc) is 2.28. The van der Waals surface area contributed by atoms with Gasteiger partial charge in [-0.15, -0.1) is 0 Å². The van der Waals surface area contributed by atoms with Gasteiger partial charge in [0.1, 0.15) is 5.82 Å². The molecule has 3 heteroatoms. The van der Waals surface area contributed by atoms with Crippen molar-refractivity contribution in [2.24, 2.45) is 0 Å². The second-order valence-corrected chi connectivity index (χ2v) is 4.61. The lowest BCUT2D eigenvalue weighted by molar-refractivity contribution is 0.296.